The summed E-state index contributed by atoms with van der Waals surface area (Å²) in [4.78, 5) is 8.15. The lowest BCUT2D eigenvalue weighted by molar-refractivity contribution is 0.233. The van der Waals surface area contributed by atoms with E-state index < -0.39 is 0 Å². The molecule has 0 saturated carbocycles. The monoisotopic (exact) mass is 256 g/mol. The minimum absolute atomic E-state index is 0.258. The standard InChI is InChI=1S/C13H21ClN2O/c1-9(2)10-11(14)15-8-16-12(10)17-7-6-13(3,4)5/h8-9H,6-7H2,1-5H3. The third-order valence-electron chi connectivity index (χ3n) is 2.47. The molecule has 4 heteroatoms. The molecule has 96 valence electrons. The van der Waals surface area contributed by atoms with Crippen molar-refractivity contribution in [3.63, 3.8) is 0 Å². The number of nitrogens with zero attached hydrogens (tertiary/aromatic N) is 2. The molecule has 0 amide bonds. The molecule has 1 rings (SSSR count). The van der Waals surface area contributed by atoms with Crippen molar-refractivity contribution in [3.05, 3.63) is 17.0 Å². The number of rotatable bonds is 4. The van der Waals surface area contributed by atoms with Crippen molar-refractivity contribution in [1.82, 2.24) is 9.97 Å². The summed E-state index contributed by atoms with van der Waals surface area (Å²) in [6.45, 7) is 11.3. The molecule has 0 aliphatic rings. The van der Waals surface area contributed by atoms with Gasteiger partial charge in [-0.2, -0.15) is 0 Å². The molecule has 1 aromatic rings. The zero-order valence-corrected chi connectivity index (χ0v) is 12.0. The molecule has 17 heavy (non-hydrogen) atoms. The molecule has 0 atom stereocenters. The van der Waals surface area contributed by atoms with Gasteiger partial charge in [0.05, 0.1) is 12.2 Å². The number of halogens is 1. The first-order valence-electron chi connectivity index (χ1n) is 5.94. The Balaban J connectivity index is 2.74. The molecular formula is C13H21ClN2O. The highest BCUT2D eigenvalue weighted by Gasteiger charge is 2.16. The summed E-state index contributed by atoms with van der Waals surface area (Å²) in [5.41, 5.74) is 1.15. The zero-order valence-electron chi connectivity index (χ0n) is 11.2. The molecule has 0 aromatic carbocycles. The van der Waals surface area contributed by atoms with Crippen LogP contribution in [-0.4, -0.2) is 16.6 Å². The molecule has 0 bridgehead atoms. The van der Waals surface area contributed by atoms with Crippen LogP contribution in [0.1, 0.15) is 52.5 Å². The number of hydrogen-bond donors (Lipinski definition) is 0. The summed E-state index contributed by atoms with van der Waals surface area (Å²) in [5, 5.41) is 0.487. The summed E-state index contributed by atoms with van der Waals surface area (Å²) in [6.07, 6.45) is 2.42. The highest BCUT2D eigenvalue weighted by molar-refractivity contribution is 6.30. The van der Waals surface area contributed by atoms with Crippen LogP contribution in [-0.2, 0) is 0 Å². The van der Waals surface area contributed by atoms with E-state index in [-0.39, 0.29) is 11.3 Å². The van der Waals surface area contributed by atoms with Gasteiger partial charge in [-0.05, 0) is 17.8 Å². The first-order chi connectivity index (χ1) is 7.81. The predicted molar refractivity (Wildman–Crippen MR) is 70.7 cm³/mol. The minimum atomic E-state index is 0.258. The summed E-state index contributed by atoms with van der Waals surface area (Å²) >= 11 is 6.06. The van der Waals surface area contributed by atoms with Crippen molar-refractivity contribution in [3.8, 4) is 5.88 Å². The normalized spacial score (nSPS) is 11.9. The summed E-state index contributed by atoms with van der Waals surface area (Å²) in [7, 11) is 0. The Hall–Kier alpha value is -0.830. The fourth-order valence-corrected chi connectivity index (χ4v) is 1.76. The number of hydrogen-bond acceptors (Lipinski definition) is 3. The summed E-state index contributed by atoms with van der Waals surface area (Å²) in [5.74, 6) is 0.873. The van der Waals surface area contributed by atoms with E-state index in [1.807, 2.05) is 0 Å². The maximum atomic E-state index is 6.06. The lowest BCUT2D eigenvalue weighted by atomic mass is 9.93. The highest BCUT2D eigenvalue weighted by atomic mass is 35.5. The first kappa shape index (κ1) is 14.2. The van der Waals surface area contributed by atoms with Gasteiger partial charge in [0.1, 0.15) is 11.5 Å². The highest BCUT2D eigenvalue weighted by Crippen LogP contribution is 2.30. The van der Waals surface area contributed by atoms with Gasteiger partial charge in [0, 0.05) is 0 Å². The summed E-state index contributed by atoms with van der Waals surface area (Å²) in [6, 6.07) is 0. The molecule has 0 saturated heterocycles. The Bertz CT molecular complexity index is 372. The second kappa shape index (κ2) is 5.67. The van der Waals surface area contributed by atoms with Crippen LogP contribution < -0.4 is 4.74 Å². The minimum Gasteiger partial charge on any atom is -0.477 e. The van der Waals surface area contributed by atoms with E-state index in [1.165, 1.54) is 6.33 Å². The fourth-order valence-electron chi connectivity index (χ4n) is 1.41. The van der Waals surface area contributed by atoms with E-state index >= 15 is 0 Å². The smallest absolute Gasteiger partial charge is 0.221 e. The molecule has 3 nitrogen and oxygen atoms in total. The van der Waals surface area contributed by atoms with Crippen LogP contribution >= 0.6 is 11.6 Å². The largest absolute Gasteiger partial charge is 0.477 e. The van der Waals surface area contributed by atoms with Gasteiger partial charge in [0.25, 0.3) is 0 Å². The van der Waals surface area contributed by atoms with Gasteiger partial charge >= 0.3 is 0 Å². The maximum absolute atomic E-state index is 6.06. The molecule has 0 aliphatic carbocycles. The molecule has 0 spiro atoms. The average Bonchev–Trinajstić information content (AvgIpc) is 2.14. The molecule has 0 radical (unpaired) electrons. The Kier molecular flexibility index (Phi) is 4.75. The van der Waals surface area contributed by atoms with E-state index in [4.69, 9.17) is 16.3 Å². The molecule has 0 aliphatic heterocycles. The Morgan fingerprint density at radius 1 is 1.29 bits per heavy atom. The van der Waals surface area contributed by atoms with Crippen molar-refractivity contribution in [2.24, 2.45) is 5.41 Å². The third kappa shape index (κ3) is 4.50. The van der Waals surface area contributed by atoms with Crippen molar-refractivity contribution >= 4 is 11.6 Å². The van der Waals surface area contributed by atoms with Gasteiger partial charge in [0.15, 0.2) is 0 Å². The van der Waals surface area contributed by atoms with Crippen LogP contribution in [0.3, 0.4) is 0 Å². The van der Waals surface area contributed by atoms with Gasteiger partial charge in [0.2, 0.25) is 5.88 Å². The molecular weight excluding hydrogens is 236 g/mol. The van der Waals surface area contributed by atoms with Crippen LogP contribution in [0.4, 0.5) is 0 Å². The second-order valence-corrected chi connectivity index (χ2v) is 6.06. The lowest BCUT2D eigenvalue weighted by Gasteiger charge is -2.19. The lowest BCUT2D eigenvalue weighted by Crippen LogP contribution is -2.12. The first-order valence-corrected chi connectivity index (χ1v) is 6.32. The molecule has 0 unspecified atom stereocenters. The van der Waals surface area contributed by atoms with E-state index in [9.17, 15) is 0 Å². The van der Waals surface area contributed by atoms with E-state index in [0.717, 1.165) is 12.0 Å². The summed E-state index contributed by atoms with van der Waals surface area (Å²) < 4.78 is 5.72. The number of aromatic nitrogens is 2. The molecule has 0 fully saturated rings. The van der Waals surface area contributed by atoms with Gasteiger partial charge in [-0.1, -0.05) is 46.2 Å². The van der Waals surface area contributed by atoms with Gasteiger partial charge in [-0.3, -0.25) is 0 Å². The van der Waals surface area contributed by atoms with Gasteiger partial charge < -0.3 is 4.74 Å². The fraction of sp³-hybridized carbons (Fsp3) is 0.692. The molecule has 1 heterocycles. The maximum Gasteiger partial charge on any atom is 0.221 e. The molecule has 0 N–H and O–H groups in total. The molecule has 1 aromatic heterocycles. The van der Waals surface area contributed by atoms with Crippen molar-refractivity contribution in [1.29, 1.82) is 0 Å². The van der Waals surface area contributed by atoms with E-state index in [1.54, 1.807) is 0 Å². The van der Waals surface area contributed by atoms with Crippen molar-refractivity contribution < 1.29 is 4.74 Å². The van der Waals surface area contributed by atoms with Crippen molar-refractivity contribution in [2.75, 3.05) is 6.61 Å². The second-order valence-electron chi connectivity index (χ2n) is 5.70. The predicted octanol–water partition coefficient (Wildman–Crippen LogP) is 4.07. The average molecular weight is 257 g/mol. The quantitative estimate of drug-likeness (QED) is 0.762. The van der Waals surface area contributed by atoms with Crippen LogP contribution in [0.25, 0.3) is 0 Å². The van der Waals surface area contributed by atoms with E-state index in [0.29, 0.717) is 17.6 Å². The van der Waals surface area contributed by atoms with Gasteiger partial charge in [-0.25, -0.2) is 9.97 Å². The van der Waals surface area contributed by atoms with Gasteiger partial charge in [-0.15, -0.1) is 0 Å². The van der Waals surface area contributed by atoms with Crippen molar-refractivity contribution in [2.45, 2.75) is 47.0 Å². The topological polar surface area (TPSA) is 35.0 Å². The van der Waals surface area contributed by atoms with Crippen LogP contribution in [0, 0.1) is 5.41 Å². The van der Waals surface area contributed by atoms with Crippen LogP contribution in [0.15, 0.2) is 6.33 Å². The van der Waals surface area contributed by atoms with Crippen LogP contribution in [0.2, 0.25) is 5.15 Å². The SMILES string of the molecule is CC(C)c1c(Cl)ncnc1OCCC(C)(C)C. The third-order valence-corrected chi connectivity index (χ3v) is 2.77. The number of ether oxygens (including phenoxy) is 1. The zero-order chi connectivity index (χ0) is 13.1. The Morgan fingerprint density at radius 3 is 2.47 bits per heavy atom. The van der Waals surface area contributed by atoms with Crippen LogP contribution in [0.5, 0.6) is 5.88 Å². The van der Waals surface area contributed by atoms with E-state index in [2.05, 4.69) is 44.6 Å². The Labute approximate surface area is 109 Å². The Morgan fingerprint density at radius 2 is 1.94 bits per heavy atom.